The highest BCUT2D eigenvalue weighted by Crippen LogP contribution is 2.18. The third-order valence-electron chi connectivity index (χ3n) is 2.70. The van der Waals surface area contributed by atoms with Crippen LogP contribution in [0.2, 0.25) is 0 Å². The molecule has 72 valence electrons. The molecule has 1 unspecified atom stereocenters. The van der Waals surface area contributed by atoms with Gasteiger partial charge in [-0.1, -0.05) is 0 Å². The third-order valence-corrected chi connectivity index (χ3v) is 2.70. The Labute approximate surface area is 75.9 Å². The lowest BCUT2D eigenvalue weighted by Gasteiger charge is -2.33. The molecule has 2 nitrogen and oxygen atoms in total. The number of rotatable bonds is 2. The van der Waals surface area contributed by atoms with Gasteiger partial charge < -0.3 is 9.64 Å². The van der Waals surface area contributed by atoms with Gasteiger partial charge in [-0.15, -0.1) is 0 Å². The molecule has 0 aromatic rings. The first kappa shape index (κ1) is 10.0. The van der Waals surface area contributed by atoms with E-state index in [2.05, 4.69) is 32.7 Å². The Balaban J connectivity index is 2.30. The molecule has 12 heavy (non-hydrogen) atoms. The zero-order chi connectivity index (χ0) is 9.19. The minimum absolute atomic E-state index is 0.294. The van der Waals surface area contributed by atoms with Crippen molar-refractivity contribution in [2.45, 2.75) is 32.7 Å². The molecule has 0 radical (unpaired) electrons. The Morgan fingerprint density at radius 3 is 2.50 bits per heavy atom. The zero-order valence-corrected chi connectivity index (χ0v) is 8.76. The van der Waals surface area contributed by atoms with Crippen LogP contribution in [0, 0.1) is 5.92 Å². The summed E-state index contributed by atoms with van der Waals surface area (Å²) < 4.78 is 5.34. The molecule has 0 aromatic heterocycles. The van der Waals surface area contributed by atoms with Crippen molar-refractivity contribution in [3.8, 4) is 0 Å². The summed E-state index contributed by atoms with van der Waals surface area (Å²) in [5, 5.41) is 0. The van der Waals surface area contributed by atoms with Crippen LogP contribution in [-0.2, 0) is 4.74 Å². The molecule has 1 heterocycles. The fourth-order valence-corrected chi connectivity index (χ4v) is 1.39. The van der Waals surface area contributed by atoms with Gasteiger partial charge in [0.25, 0.3) is 0 Å². The van der Waals surface area contributed by atoms with E-state index in [1.54, 1.807) is 0 Å². The second kappa shape index (κ2) is 3.75. The maximum absolute atomic E-state index is 5.34. The van der Waals surface area contributed by atoms with E-state index in [1.165, 1.54) is 13.0 Å². The summed E-state index contributed by atoms with van der Waals surface area (Å²) in [7, 11) is 2.19. The van der Waals surface area contributed by atoms with Gasteiger partial charge in [-0.25, -0.2) is 0 Å². The Morgan fingerprint density at radius 1 is 1.42 bits per heavy atom. The highest BCUT2D eigenvalue weighted by molar-refractivity contribution is 4.76. The summed E-state index contributed by atoms with van der Waals surface area (Å²) in [6, 6.07) is 0. The molecule has 0 bridgehead atoms. The van der Waals surface area contributed by atoms with Crippen LogP contribution in [0.1, 0.15) is 27.2 Å². The molecule has 1 aliphatic heterocycles. The normalized spacial score (nSPS) is 25.2. The fourth-order valence-electron chi connectivity index (χ4n) is 1.39. The summed E-state index contributed by atoms with van der Waals surface area (Å²) in [4.78, 5) is 2.41. The van der Waals surface area contributed by atoms with Gasteiger partial charge in [0, 0.05) is 18.7 Å². The SMILES string of the molecule is CN(CC1CCOC1)C(C)(C)C. The lowest BCUT2D eigenvalue weighted by Crippen LogP contribution is -2.41. The van der Waals surface area contributed by atoms with E-state index < -0.39 is 0 Å². The highest BCUT2D eigenvalue weighted by Gasteiger charge is 2.23. The van der Waals surface area contributed by atoms with E-state index >= 15 is 0 Å². The van der Waals surface area contributed by atoms with Crippen molar-refractivity contribution in [1.29, 1.82) is 0 Å². The molecule has 0 aliphatic carbocycles. The second-order valence-corrected chi connectivity index (χ2v) is 4.78. The first-order valence-electron chi connectivity index (χ1n) is 4.79. The van der Waals surface area contributed by atoms with Gasteiger partial charge in [0.15, 0.2) is 0 Å². The van der Waals surface area contributed by atoms with Crippen molar-refractivity contribution in [1.82, 2.24) is 4.90 Å². The monoisotopic (exact) mass is 171 g/mol. The van der Waals surface area contributed by atoms with E-state index in [4.69, 9.17) is 4.74 Å². The second-order valence-electron chi connectivity index (χ2n) is 4.78. The fraction of sp³-hybridized carbons (Fsp3) is 1.00. The van der Waals surface area contributed by atoms with Crippen LogP contribution in [0.25, 0.3) is 0 Å². The molecule has 0 spiro atoms. The van der Waals surface area contributed by atoms with Gasteiger partial charge in [0.05, 0.1) is 6.61 Å². The van der Waals surface area contributed by atoms with Crippen LogP contribution in [0.15, 0.2) is 0 Å². The molecule has 1 rings (SSSR count). The van der Waals surface area contributed by atoms with Crippen LogP contribution >= 0.6 is 0 Å². The number of hydrogen-bond acceptors (Lipinski definition) is 2. The minimum Gasteiger partial charge on any atom is -0.381 e. The molecule has 0 aromatic carbocycles. The average Bonchev–Trinajstić information content (AvgIpc) is 2.37. The quantitative estimate of drug-likeness (QED) is 0.627. The molecular formula is C10H21NO. The average molecular weight is 171 g/mol. The zero-order valence-electron chi connectivity index (χ0n) is 8.76. The number of ether oxygens (including phenoxy) is 1. The Kier molecular flexibility index (Phi) is 3.13. The van der Waals surface area contributed by atoms with Crippen molar-refractivity contribution in [2.75, 3.05) is 26.8 Å². The van der Waals surface area contributed by atoms with Gasteiger partial charge >= 0.3 is 0 Å². The maximum atomic E-state index is 5.34. The van der Waals surface area contributed by atoms with Gasteiger partial charge in [-0.2, -0.15) is 0 Å². The molecule has 0 amide bonds. The first-order chi connectivity index (χ1) is 5.50. The van der Waals surface area contributed by atoms with Crippen LogP contribution < -0.4 is 0 Å². The molecule has 1 saturated heterocycles. The smallest absolute Gasteiger partial charge is 0.0507 e. The van der Waals surface area contributed by atoms with E-state index in [1.807, 2.05) is 0 Å². The summed E-state index contributed by atoms with van der Waals surface area (Å²) in [5.74, 6) is 0.759. The van der Waals surface area contributed by atoms with Gasteiger partial charge in [0.1, 0.15) is 0 Å². The lowest BCUT2D eigenvalue weighted by atomic mass is 10.0. The van der Waals surface area contributed by atoms with Crippen LogP contribution in [0.3, 0.4) is 0 Å². The van der Waals surface area contributed by atoms with E-state index in [-0.39, 0.29) is 0 Å². The summed E-state index contributed by atoms with van der Waals surface area (Å²) in [6.07, 6.45) is 1.24. The molecular weight excluding hydrogens is 150 g/mol. The van der Waals surface area contributed by atoms with Gasteiger partial charge in [-0.05, 0) is 40.2 Å². The van der Waals surface area contributed by atoms with Crippen molar-refractivity contribution in [3.63, 3.8) is 0 Å². The summed E-state index contributed by atoms with van der Waals surface area (Å²) in [6.45, 7) is 9.85. The van der Waals surface area contributed by atoms with Crippen LogP contribution in [-0.4, -0.2) is 37.2 Å². The third kappa shape index (κ3) is 2.76. The first-order valence-corrected chi connectivity index (χ1v) is 4.79. The standard InChI is InChI=1S/C10H21NO/c1-10(2,3)11(4)7-9-5-6-12-8-9/h9H,5-8H2,1-4H3. The summed E-state index contributed by atoms with van der Waals surface area (Å²) in [5.41, 5.74) is 0.294. The lowest BCUT2D eigenvalue weighted by molar-refractivity contribution is 0.131. The van der Waals surface area contributed by atoms with E-state index in [9.17, 15) is 0 Å². The molecule has 0 saturated carbocycles. The topological polar surface area (TPSA) is 12.5 Å². The molecule has 1 fully saturated rings. The molecule has 1 atom stereocenters. The van der Waals surface area contributed by atoms with E-state index in [0.29, 0.717) is 5.54 Å². The number of nitrogens with zero attached hydrogens (tertiary/aromatic N) is 1. The van der Waals surface area contributed by atoms with Crippen molar-refractivity contribution in [3.05, 3.63) is 0 Å². The van der Waals surface area contributed by atoms with Crippen LogP contribution in [0.4, 0.5) is 0 Å². The Morgan fingerprint density at radius 2 is 2.08 bits per heavy atom. The molecule has 0 N–H and O–H groups in total. The molecule has 2 heteroatoms. The minimum atomic E-state index is 0.294. The predicted octanol–water partition coefficient (Wildman–Crippen LogP) is 1.75. The van der Waals surface area contributed by atoms with Crippen molar-refractivity contribution < 1.29 is 4.74 Å². The maximum Gasteiger partial charge on any atom is 0.0507 e. The van der Waals surface area contributed by atoms with Crippen molar-refractivity contribution >= 4 is 0 Å². The molecule has 1 aliphatic rings. The van der Waals surface area contributed by atoms with E-state index in [0.717, 1.165) is 19.1 Å². The highest BCUT2D eigenvalue weighted by atomic mass is 16.5. The summed E-state index contributed by atoms with van der Waals surface area (Å²) >= 11 is 0. The van der Waals surface area contributed by atoms with Gasteiger partial charge in [-0.3, -0.25) is 0 Å². The number of hydrogen-bond donors (Lipinski definition) is 0. The van der Waals surface area contributed by atoms with Gasteiger partial charge in [0.2, 0.25) is 0 Å². The van der Waals surface area contributed by atoms with Crippen molar-refractivity contribution in [2.24, 2.45) is 5.92 Å². The van der Waals surface area contributed by atoms with Crippen LogP contribution in [0.5, 0.6) is 0 Å². The Hall–Kier alpha value is -0.0800. The largest absolute Gasteiger partial charge is 0.381 e. The predicted molar refractivity (Wildman–Crippen MR) is 51.3 cm³/mol. The Bertz CT molecular complexity index is 133.